The quantitative estimate of drug-likeness (QED) is 0.684. The van der Waals surface area contributed by atoms with Crippen LogP contribution in [0.3, 0.4) is 0 Å². The summed E-state index contributed by atoms with van der Waals surface area (Å²) in [5, 5.41) is 0.877. The minimum atomic E-state index is -0.311. The number of aromatic nitrogens is 1. The molecule has 2 heterocycles. The van der Waals surface area contributed by atoms with Gasteiger partial charge in [-0.3, -0.25) is 0 Å². The lowest BCUT2D eigenvalue weighted by Gasteiger charge is -1.95. The lowest BCUT2D eigenvalue weighted by molar-refractivity contribution is 0.0532. The monoisotopic (exact) mass is 300 g/mol. The Morgan fingerprint density at radius 1 is 1.62 bits per heavy atom. The summed E-state index contributed by atoms with van der Waals surface area (Å²) in [5.74, 6) is 0.116. The molecule has 2 aromatic heterocycles. The van der Waals surface area contributed by atoms with Gasteiger partial charge in [-0.25, -0.2) is 9.78 Å². The molecule has 6 heteroatoms. The van der Waals surface area contributed by atoms with E-state index in [0.717, 1.165) is 10.1 Å². The molecular formula is C10H9BrN2O2S. The van der Waals surface area contributed by atoms with Gasteiger partial charge in [0, 0.05) is 10.1 Å². The smallest absolute Gasteiger partial charge is 0.348 e. The third-order valence-electron chi connectivity index (χ3n) is 1.97. The van der Waals surface area contributed by atoms with Crippen LogP contribution in [-0.2, 0) is 4.74 Å². The number of hydrogen-bond donors (Lipinski definition) is 1. The highest BCUT2D eigenvalue weighted by molar-refractivity contribution is 9.10. The molecule has 2 N–H and O–H groups in total. The number of carbonyl (C=O) groups is 1. The van der Waals surface area contributed by atoms with Crippen LogP contribution in [0.5, 0.6) is 0 Å². The average Bonchev–Trinajstić information content (AvgIpc) is 2.62. The number of rotatable bonds is 2. The number of nitrogens with zero attached hydrogens (tertiary/aromatic N) is 1. The molecule has 0 aliphatic carbocycles. The molecule has 0 unspecified atom stereocenters. The molecule has 0 bridgehead atoms. The Morgan fingerprint density at radius 3 is 3.06 bits per heavy atom. The van der Waals surface area contributed by atoms with Crippen molar-refractivity contribution in [3.63, 3.8) is 0 Å². The Hall–Kier alpha value is -1.14. The van der Waals surface area contributed by atoms with Crippen LogP contribution in [0.1, 0.15) is 16.6 Å². The second-order valence-electron chi connectivity index (χ2n) is 3.08. The number of halogens is 1. The van der Waals surface area contributed by atoms with E-state index in [0.29, 0.717) is 21.9 Å². The molecule has 4 nitrogen and oxygen atoms in total. The largest absolute Gasteiger partial charge is 0.462 e. The number of anilines is 1. The third kappa shape index (κ3) is 2.03. The molecule has 0 spiro atoms. The van der Waals surface area contributed by atoms with Crippen molar-refractivity contribution < 1.29 is 9.53 Å². The minimum absolute atomic E-state index is 0.311. The van der Waals surface area contributed by atoms with Crippen LogP contribution in [0.4, 0.5) is 5.82 Å². The van der Waals surface area contributed by atoms with Gasteiger partial charge in [0.15, 0.2) is 0 Å². The molecule has 0 atom stereocenters. The zero-order chi connectivity index (χ0) is 11.7. The van der Waals surface area contributed by atoms with E-state index in [1.54, 1.807) is 19.1 Å². The molecule has 2 aromatic rings. The summed E-state index contributed by atoms with van der Waals surface area (Å²) in [7, 11) is 0. The highest BCUT2D eigenvalue weighted by Gasteiger charge is 2.13. The first kappa shape index (κ1) is 11.3. The third-order valence-corrected chi connectivity index (χ3v) is 3.63. The summed E-state index contributed by atoms with van der Waals surface area (Å²) in [6.45, 7) is 2.15. The first-order valence-corrected chi connectivity index (χ1v) is 6.25. The van der Waals surface area contributed by atoms with Crippen LogP contribution < -0.4 is 5.73 Å². The number of esters is 1. The molecule has 2 rings (SSSR count). The highest BCUT2D eigenvalue weighted by Crippen LogP contribution is 2.31. The number of nitrogens with two attached hydrogens (primary N) is 1. The summed E-state index contributed by atoms with van der Waals surface area (Å²) in [4.78, 5) is 16.2. The van der Waals surface area contributed by atoms with Crippen molar-refractivity contribution in [2.24, 2.45) is 0 Å². The van der Waals surface area contributed by atoms with Crippen molar-refractivity contribution in [3.05, 3.63) is 21.6 Å². The maximum Gasteiger partial charge on any atom is 0.348 e. The number of carbonyl (C=O) groups excluding carboxylic acids is 1. The molecule has 0 aromatic carbocycles. The molecule has 0 saturated carbocycles. The molecule has 0 aliphatic rings. The Labute approximate surface area is 105 Å². The molecule has 0 amide bonds. The van der Waals surface area contributed by atoms with Gasteiger partial charge in [-0.2, -0.15) is 0 Å². The van der Waals surface area contributed by atoms with Crippen molar-refractivity contribution in [1.82, 2.24) is 4.98 Å². The van der Waals surface area contributed by atoms with Crippen molar-refractivity contribution in [2.45, 2.75) is 6.92 Å². The van der Waals surface area contributed by atoms with Gasteiger partial charge < -0.3 is 10.5 Å². The SMILES string of the molecule is CCOC(=O)c1cc2c(Br)nc(N)cc2s1. The van der Waals surface area contributed by atoms with Gasteiger partial charge in [0.1, 0.15) is 15.3 Å². The number of ether oxygens (including phenoxy) is 1. The molecule has 0 fully saturated rings. The van der Waals surface area contributed by atoms with Crippen molar-refractivity contribution in [1.29, 1.82) is 0 Å². The number of pyridine rings is 1. The van der Waals surface area contributed by atoms with Crippen LogP contribution in [0.25, 0.3) is 10.1 Å². The Bertz CT molecular complexity index is 553. The van der Waals surface area contributed by atoms with Crippen LogP contribution in [0.2, 0.25) is 0 Å². The fraction of sp³-hybridized carbons (Fsp3) is 0.200. The summed E-state index contributed by atoms with van der Waals surface area (Å²) in [6, 6.07) is 3.50. The standard InChI is InChI=1S/C10H9BrN2O2S/c1-2-15-10(14)7-3-5-6(16-7)4-8(12)13-9(5)11/h3-4H,2H2,1H3,(H2,12,13). The second-order valence-corrected chi connectivity index (χ2v) is 4.92. The predicted molar refractivity (Wildman–Crippen MR) is 67.7 cm³/mol. The average molecular weight is 301 g/mol. The Kier molecular flexibility index (Phi) is 3.11. The van der Waals surface area contributed by atoms with Crippen molar-refractivity contribution in [3.8, 4) is 0 Å². The number of nitrogen functional groups attached to an aromatic ring is 1. The Balaban J connectivity index is 2.51. The van der Waals surface area contributed by atoms with Gasteiger partial charge in [0.25, 0.3) is 0 Å². The Morgan fingerprint density at radius 2 is 2.38 bits per heavy atom. The van der Waals surface area contributed by atoms with Crippen LogP contribution in [-0.4, -0.2) is 17.6 Å². The van der Waals surface area contributed by atoms with Crippen LogP contribution in [0, 0.1) is 0 Å². The highest BCUT2D eigenvalue weighted by atomic mass is 79.9. The summed E-state index contributed by atoms with van der Waals surface area (Å²) in [6.07, 6.45) is 0. The molecule has 0 aliphatic heterocycles. The lowest BCUT2D eigenvalue weighted by Crippen LogP contribution is -2.01. The molecule has 16 heavy (non-hydrogen) atoms. The molecule has 84 valence electrons. The first-order valence-electron chi connectivity index (χ1n) is 4.64. The zero-order valence-electron chi connectivity index (χ0n) is 8.49. The number of hydrogen-bond acceptors (Lipinski definition) is 5. The minimum Gasteiger partial charge on any atom is -0.462 e. The fourth-order valence-electron chi connectivity index (χ4n) is 1.32. The zero-order valence-corrected chi connectivity index (χ0v) is 10.9. The topological polar surface area (TPSA) is 65.2 Å². The van der Waals surface area contributed by atoms with Gasteiger partial charge in [-0.05, 0) is 35.0 Å². The van der Waals surface area contributed by atoms with E-state index in [1.165, 1.54) is 11.3 Å². The molecule has 0 saturated heterocycles. The summed E-state index contributed by atoms with van der Waals surface area (Å²) in [5.41, 5.74) is 5.62. The normalized spacial score (nSPS) is 10.6. The first-order chi connectivity index (χ1) is 7.61. The van der Waals surface area contributed by atoms with Gasteiger partial charge in [-0.1, -0.05) is 0 Å². The lowest BCUT2D eigenvalue weighted by atomic mass is 10.3. The van der Waals surface area contributed by atoms with E-state index in [4.69, 9.17) is 10.5 Å². The molecule has 0 radical (unpaired) electrons. The van der Waals surface area contributed by atoms with E-state index in [1.807, 2.05) is 0 Å². The summed E-state index contributed by atoms with van der Waals surface area (Å²) < 4.78 is 6.50. The van der Waals surface area contributed by atoms with Crippen molar-refractivity contribution in [2.75, 3.05) is 12.3 Å². The second kappa shape index (κ2) is 4.39. The van der Waals surface area contributed by atoms with E-state index in [9.17, 15) is 4.79 Å². The van der Waals surface area contributed by atoms with Crippen LogP contribution >= 0.6 is 27.3 Å². The van der Waals surface area contributed by atoms with Crippen molar-refractivity contribution >= 4 is 49.1 Å². The summed E-state index contributed by atoms with van der Waals surface area (Å²) >= 11 is 4.66. The van der Waals surface area contributed by atoms with Gasteiger partial charge in [0.2, 0.25) is 0 Å². The number of thiophene rings is 1. The van der Waals surface area contributed by atoms with Gasteiger partial charge in [-0.15, -0.1) is 11.3 Å². The van der Waals surface area contributed by atoms with E-state index in [-0.39, 0.29) is 5.97 Å². The van der Waals surface area contributed by atoms with Gasteiger partial charge >= 0.3 is 5.97 Å². The predicted octanol–water partition coefficient (Wildman–Crippen LogP) is 2.82. The van der Waals surface area contributed by atoms with Gasteiger partial charge in [0.05, 0.1) is 6.61 Å². The van der Waals surface area contributed by atoms with Crippen LogP contribution in [0.15, 0.2) is 16.7 Å². The van der Waals surface area contributed by atoms with E-state index >= 15 is 0 Å². The maximum atomic E-state index is 11.5. The number of fused-ring (bicyclic) bond motifs is 1. The molecular weight excluding hydrogens is 292 g/mol. The van der Waals surface area contributed by atoms with E-state index in [2.05, 4.69) is 20.9 Å². The fourth-order valence-corrected chi connectivity index (χ4v) is 2.98. The van der Waals surface area contributed by atoms with E-state index < -0.39 is 0 Å². The maximum absolute atomic E-state index is 11.5.